The number of rotatable bonds is 6. The van der Waals surface area contributed by atoms with E-state index in [9.17, 15) is 18.3 Å². The Balaban J connectivity index is 1.92. The fourth-order valence-corrected chi connectivity index (χ4v) is 3.68. The largest absolute Gasteiger partial charge is 0.508 e. The van der Waals surface area contributed by atoms with Gasteiger partial charge in [0.1, 0.15) is 11.5 Å². The number of phenols is 1. The summed E-state index contributed by atoms with van der Waals surface area (Å²) in [5.74, 6) is 1.00. The summed E-state index contributed by atoms with van der Waals surface area (Å²) in [6.45, 7) is 8.93. The lowest BCUT2D eigenvalue weighted by molar-refractivity contribution is -0.137. The maximum atomic E-state index is 13.2. The van der Waals surface area contributed by atoms with Crippen LogP contribution in [0.25, 0.3) is 0 Å². The van der Waals surface area contributed by atoms with Gasteiger partial charge in [-0.25, -0.2) is 0 Å². The third kappa shape index (κ3) is 5.46. The first kappa shape index (κ1) is 22.4. The number of halogens is 3. The van der Waals surface area contributed by atoms with E-state index in [1.807, 2.05) is 19.9 Å². The van der Waals surface area contributed by atoms with Crippen molar-refractivity contribution < 1.29 is 23.0 Å². The molecule has 7 heteroatoms. The first-order valence-corrected chi connectivity index (χ1v) is 10.3. The lowest BCUT2D eigenvalue weighted by Gasteiger charge is -2.35. The number of nitrogens with zero attached hydrogens (tertiary/aromatic N) is 1. The van der Waals surface area contributed by atoms with E-state index >= 15 is 0 Å². The average molecular weight is 422 g/mol. The van der Waals surface area contributed by atoms with Gasteiger partial charge in [-0.05, 0) is 42.2 Å². The van der Waals surface area contributed by atoms with Crippen molar-refractivity contribution in [3.63, 3.8) is 0 Å². The van der Waals surface area contributed by atoms with E-state index in [0.29, 0.717) is 23.3 Å². The predicted octanol–water partition coefficient (Wildman–Crippen LogP) is 4.70. The van der Waals surface area contributed by atoms with E-state index in [1.54, 1.807) is 19.1 Å². The first-order chi connectivity index (χ1) is 14.1. The average Bonchev–Trinajstić information content (AvgIpc) is 2.70. The van der Waals surface area contributed by atoms with Gasteiger partial charge in [-0.2, -0.15) is 13.2 Å². The lowest BCUT2D eigenvalue weighted by Crippen LogP contribution is -2.51. The second-order valence-corrected chi connectivity index (χ2v) is 8.09. The molecule has 2 aromatic rings. The van der Waals surface area contributed by atoms with Crippen LogP contribution >= 0.6 is 0 Å². The number of benzene rings is 2. The Morgan fingerprint density at radius 2 is 1.83 bits per heavy atom. The third-order valence-electron chi connectivity index (χ3n) is 5.44. The standard InChI is InChI=1S/C23H29F3N2O2/c1-15(2)19-14-20(29)16(3)11-21(19)30-22(28-9-7-27-8-10-28)13-17-5-4-6-18(12-17)23(24,25)26/h4-6,11-12,14-15,22,27,29H,7-10,13H2,1-3H3. The van der Waals surface area contributed by atoms with Crippen molar-refractivity contribution in [2.24, 2.45) is 0 Å². The normalized spacial score (nSPS) is 16.6. The highest BCUT2D eigenvalue weighted by atomic mass is 19.4. The molecule has 1 heterocycles. The number of ether oxygens (including phenoxy) is 1. The molecule has 1 aliphatic heterocycles. The van der Waals surface area contributed by atoms with Crippen molar-refractivity contribution in [3.05, 3.63) is 58.7 Å². The van der Waals surface area contributed by atoms with E-state index in [4.69, 9.17) is 4.74 Å². The molecular weight excluding hydrogens is 393 g/mol. The third-order valence-corrected chi connectivity index (χ3v) is 5.44. The number of piperazine rings is 1. The second-order valence-electron chi connectivity index (χ2n) is 8.09. The van der Waals surface area contributed by atoms with Crippen LogP contribution in [0.5, 0.6) is 11.5 Å². The van der Waals surface area contributed by atoms with Crippen molar-refractivity contribution in [1.82, 2.24) is 10.2 Å². The van der Waals surface area contributed by atoms with E-state index < -0.39 is 18.0 Å². The van der Waals surface area contributed by atoms with Crippen LogP contribution in [0.15, 0.2) is 36.4 Å². The molecule has 0 spiro atoms. The molecule has 2 N–H and O–H groups in total. The Bertz CT molecular complexity index is 862. The Labute approximate surface area is 175 Å². The zero-order valence-electron chi connectivity index (χ0n) is 17.6. The minimum Gasteiger partial charge on any atom is -0.508 e. The molecule has 30 heavy (non-hydrogen) atoms. The summed E-state index contributed by atoms with van der Waals surface area (Å²) in [5, 5.41) is 13.4. The first-order valence-electron chi connectivity index (χ1n) is 10.3. The number of aryl methyl sites for hydroxylation is 1. The summed E-state index contributed by atoms with van der Waals surface area (Å²) >= 11 is 0. The van der Waals surface area contributed by atoms with Gasteiger partial charge in [-0.3, -0.25) is 4.90 Å². The SMILES string of the molecule is Cc1cc(OC(Cc2cccc(C(F)(F)F)c2)N2CCNCC2)c(C(C)C)cc1O. The number of aromatic hydroxyl groups is 1. The van der Waals surface area contributed by atoms with Gasteiger partial charge in [0, 0.05) is 38.2 Å². The number of hydrogen-bond donors (Lipinski definition) is 2. The molecule has 0 aliphatic carbocycles. The van der Waals surface area contributed by atoms with Crippen LogP contribution < -0.4 is 10.1 Å². The topological polar surface area (TPSA) is 44.7 Å². The van der Waals surface area contributed by atoms with Crippen molar-refractivity contribution in [1.29, 1.82) is 0 Å². The molecule has 2 aromatic carbocycles. The molecule has 1 unspecified atom stereocenters. The Kier molecular flexibility index (Phi) is 6.93. The highest BCUT2D eigenvalue weighted by molar-refractivity contribution is 5.46. The Morgan fingerprint density at radius 1 is 1.13 bits per heavy atom. The van der Waals surface area contributed by atoms with Crippen LogP contribution in [-0.2, 0) is 12.6 Å². The monoisotopic (exact) mass is 422 g/mol. The number of phenolic OH excluding ortho intramolecular Hbond substituents is 1. The Morgan fingerprint density at radius 3 is 2.47 bits per heavy atom. The molecule has 4 nitrogen and oxygen atoms in total. The minimum absolute atomic E-state index is 0.128. The van der Waals surface area contributed by atoms with Gasteiger partial charge < -0.3 is 15.2 Å². The molecular formula is C23H29F3N2O2. The predicted molar refractivity (Wildman–Crippen MR) is 111 cm³/mol. The summed E-state index contributed by atoms with van der Waals surface area (Å²) in [5.41, 5.74) is 1.51. The van der Waals surface area contributed by atoms with Crippen LogP contribution in [0, 0.1) is 6.92 Å². The summed E-state index contributed by atoms with van der Waals surface area (Å²) in [6, 6.07) is 8.96. The van der Waals surface area contributed by atoms with Gasteiger partial charge in [-0.15, -0.1) is 0 Å². The number of alkyl halides is 3. The fourth-order valence-electron chi connectivity index (χ4n) is 3.68. The second kappa shape index (κ2) is 9.27. The summed E-state index contributed by atoms with van der Waals surface area (Å²) < 4.78 is 45.9. The van der Waals surface area contributed by atoms with Crippen molar-refractivity contribution >= 4 is 0 Å². The highest BCUT2D eigenvalue weighted by Gasteiger charge is 2.31. The number of nitrogens with one attached hydrogen (secondary N) is 1. The van der Waals surface area contributed by atoms with Crippen LogP contribution in [0.3, 0.4) is 0 Å². The quantitative estimate of drug-likeness (QED) is 0.709. The van der Waals surface area contributed by atoms with Crippen molar-refractivity contribution in [2.45, 2.75) is 45.5 Å². The molecule has 0 saturated carbocycles. The smallest absolute Gasteiger partial charge is 0.416 e. The summed E-state index contributed by atoms with van der Waals surface area (Å²) in [4.78, 5) is 2.16. The zero-order valence-corrected chi connectivity index (χ0v) is 17.6. The maximum absolute atomic E-state index is 13.2. The van der Waals surface area contributed by atoms with Gasteiger partial charge in [0.25, 0.3) is 0 Å². The van der Waals surface area contributed by atoms with Gasteiger partial charge in [0.15, 0.2) is 6.23 Å². The lowest BCUT2D eigenvalue weighted by atomic mass is 9.99. The molecule has 0 aromatic heterocycles. The van der Waals surface area contributed by atoms with E-state index in [0.717, 1.165) is 37.8 Å². The maximum Gasteiger partial charge on any atom is 0.416 e. The van der Waals surface area contributed by atoms with Crippen LogP contribution in [0.4, 0.5) is 13.2 Å². The molecule has 3 rings (SSSR count). The molecule has 164 valence electrons. The van der Waals surface area contributed by atoms with Gasteiger partial charge in [0.2, 0.25) is 0 Å². The molecule has 1 atom stereocenters. The highest BCUT2D eigenvalue weighted by Crippen LogP contribution is 2.34. The van der Waals surface area contributed by atoms with Gasteiger partial charge in [-0.1, -0.05) is 32.0 Å². The molecule has 0 radical (unpaired) electrons. The molecule has 1 fully saturated rings. The summed E-state index contributed by atoms with van der Waals surface area (Å²) in [6.07, 6.45) is -4.45. The molecule has 0 amide bonds. The fraction of sp³-hybridized carbons (Fsp3) is 0.478. The minimum atomic E-state index is -4.37. The van der Waals surface area contributed by atoms with E-state index in [2.05, 4.69) is 10.2 Å². The molecule has 1 saturated heterocycles. The zero-order chi connectivity index (χ0) is 21.9. The molecule has 0 bridgehead atoms. The number of hydrogen-bond acceptors (Lipinski definition) is 4. The van der Waals surface area contributed by atoms with Crippen LogP contribution in [-0.4, -0.2) is 42.4 Å². The van der Waals surface area contributed by atoms with E-state index in [-0.39, 0.29) is 11.7 Å². The van der Waals surface area contributed by atoms with Crippen LogP contribution in [0.2, 0.25) is 0 Å². The Hall–Kier alpha value is -2.25. The van der Waals surface area contributed by atoms with Gasteiger partial charge >= 0.3 is 6.18 Å². The van der Waals surface area contributed by atoms with Crippen LogP contribution in [0.1, 0.15) is 42.0 Å². The van der Waals surface area contributed by atoms with E-state index in [1.165, 1.54) is 12.1 Å². The van der Waals surface area contributed by atoms with Crippen molar-refractivity contribution in [2.75, 3.05) is 26.2 Å². The molecule has 1 aliphatic rings. The van der Waals surface area contributed by atoms with Gasteiger partial charge in [0.05, 0.1) is 5.56 Å². The summed E-state index contributed by atoms with van der Waals surface area (Å²) in [7, 11) is 0. The van der Waals surface area contributed by atoms with Crippen molar-refractivity contribution in [3.8, 4) is 11.5 Å².